The Balaban J connectivity index is 2.65. The van der Waals surface area contributed by atoms with Crippen molar-refractivity contribution >= 4 is 0 Å². The lowest BCUT2D eigenvalue weighted by atomic mass is 9.99. The fourth-order valence-corrected chi connectivity index (χ4v) is 1.53. The highest BCUT2D eigenvalue weighted by molar-refractivity contribution is 5.27. The second-order valence-electron chi connectivity index (χ2n) is 3.32. The third-order valence-corrected chi connectivity index (χ3v) is 2.27. The highest BCUT2D eigenvalue weighted by Crippen LogP contribution is 2.12. The van der Waals surface area contributed by atoms with E-state index in [1.54, 1.807) is 0 Å². The van der Waals surface area contributed by atoms with Gasteiger partial charge in [-0.25, -0.2) is 0 Å². The molecule has 0 fully saturated rings. The average Bonchev–Trinajstić information content (AvgIpc) is 2.24. The molecule has 0 saturated heterocycles. The zero-order chi connectivity index (χ0) is 10.2. The van der Waals surface area contributed by atoms with Crippen molar-refractivity contribution in [1.82, 2.24) is 0 Å². The van der Waals surface area contributed by atoms with E-state index in [1.807, 2.05) is 12.1 Å². The van der Waals surface area contributed by atoms with Crippen LogP contribution in [0.1, 0.15) is 24.0 Å². The molecule has 1 aromatic carbocycles. The number of nitrogens with zero attached hydrogens (tertiary/aromatic N) is 1. The highest BCUT2D eigenvalue weighted by Gasteiger charge is 2.00. The zero-order valence-corrected chi connectivity index (χ0v) is 8.37. The van der Waals surface area contributed by atoms with Crippen LogP contribution in [0.25, 0.3) is 0 Å². The normalized spacial score (nSPS) is 9.71. The molecule has 0 heterocycles. The molecule has 74 valence electrons. The predicted molar refractivity (Wildman–Crippen MR) is 57.8 cm³/mol. The van der Waals surface area contributed by atoms with E-state index in [1.165, 1.54) is 11.1 Å². The number of aryl methyl sites for hydroxylation is 2. The number of nitriles is 1. The summed E-state index contributed by atoms with van der Waals surface area (Å²) in [6.07, 6.45) is 3.50. The van der Waals surface area contributed by atoms with Crippen LogP contribution in [0, 0.1) is 11.3 Å². The van der Waals surface area contributed by atoms with Crippen LogP contribution >= 0.6 is 0 Å². The quantitative estimate of drug-likeness (QED) is 0.768. The molecule has 0 radical (unpaired) electrons. The molecule has 0 aliphatic carbocycles. The number of benzene rings is 1. The minimum absolute atomic E-state index is 0.597. The molecule has 0 unspecified atom stereocenters. The molecule has 2 nitrogen and oxygen atoms in total. The van der Waals surface area contributed by atoms with Gasteiger partial charge in [0.05, 0.1) is 6.07 Å². The lowest BCUT2D eigenvalue weighted by Crippen LogP contribution is -2.02. The monoisotopic (exact) mass is 188 g/mol. The minimum Gasteiger partial charge on any atom is -0.330 e. The van der Waals surface area contributed by atoms with Gasteiger partial charge < -0.3 is 5.73 Å². The van der Waals surface area contributed by atoms with Crippen molar-refractivity contribution < 1.29 is 0 Å². The van der Waals surface area contributed by atoms with Crippen molar-refractivity contribution in [2.75, 3.05) is 6.54 Å². The predicted octanol–water partition coefficient (Wildman–Crippen LogP) is 2.03. The fraction of sp³-hybridized carbons (Fsp3) is 0.417. The summed E-state index contributed by atoms with van der Waals surface area (Å²) in [4.78, 5) is 0. The summed E-state index contributed by atoms with van der Waals surface area (Å²) in [6.45, 7) is 0.729. The van der Waals surface area contributed by atoms with Crippen LogP contribution in [-0.2, 0) is 12.8 Å². The van der Waals surface area contributed by atoms with E-state index < -0.39 is 0 Å². The SMILES string of the molecule is N#CCCc1ccccc1CCCN. The van der Waals surface area contributed by atoms with Gasteiger partial charge in [-0.05, 0) is 36.9 Å². The summed E-state index contributed by atoms with van der Waals surface area (Å²) in [5, 5.41) is 8.52. The number of hydrogen-bond acceptors (Lipinski definition) is 2. The van der Waals surface area contributed by atoms with Crippen LogP contribution in [0.3, 0.4) is 0 Å². The van der Waals surface area contributed by atoms with E-state index in [0.717, 1.165) is 25.8 Å². The van der Waals surface area contributed by atoms with E-state index in [9.17, 15) is 0 Å². The van der Waals surface area contributed by atoms with E-state index in [2.05, 4.69) is 18.2 Å². The van der Waals surface area contributed by atoms with Crippen LogP contribution < -0.4 is 5.73 Å². The van der Waals surface area contributed by atoms with Gasteiger partial charge in [0.2, 0.25) is 0 Å². The standard InChI is InChI=1S/C12H16N2/c13-9-3-7-11-5-1-2-6-12(11)8-4-10-14/h1-2,5-6H,3-4,7-9,13H2. The third kappa shape index (κ3) is 3.20. The van der Waals surface area contributed by atoms with Crippen molar-refractivity contribution in [3.63, 3.8) is 0 Å². The molecule has 1 rings (SSSR count). The van der Waals surface area contributed by atoms with Gasteiger partial charge in [0, 0.05) is 6.42 Å². The Morgan fingerprint density at radius 2 is 1.79 bits per heavy atom. The number of rotatable bonds is 5. The van der Waals surface area contributed by atoms with Crippen LogP contribution in [0.2, 0.25) is 0 Å². The van der Waals surface area contributed by atoms with Crippen molar-refractivity contribution in [2.45, 2.75) is 25.7 Å². The molecule has 2 heteroatoms. The van der Waals surface area contributed by atoms with Gasteiger partial charge in [-0.3, -0.25) is 0 Å². The summed E-state index contributed by atoms with van der Waals surface area (Å²) in [6, 6.07) is 10.5. The minimum atomic E-state index is 0.597. The van der Waals surface area contributed by atoms with Crippen LogP contribution in [0.5, 0.6) is 0 Å². The third-order valence-electron chi connectivity index (χ3n) is 2.27. The van der Waals surface area contributed by atoms with Gasteiger partial charge in [-0.2, -0.15) is 5.26 Å². The second-order valence-corrected chi connectivity index (χ2v) is 3.32. The molecule has 2 N–H and O–H groups in total. The molecule has 0 aliphatic heterocycles. The molecule has 0 aromatic heterocycles. The van der Waals surface area contributed by atoms with Crippen LogP contribution in [0.15, 0.2) is 24.3 Å². The van der Waals surface area contributed by atoms with Crippen molar-refractivity contribution in [3.05, 3.63) is 35.4 Å². The van der Waals surface area contributed by atoms with Crippen LogP contribution in [0.4, 0.5) is 0 Å². The van der Waals surface area contributed by atoms with Crippen LogP contribution in [-0.4, -0.2) is 6.54 Å². The Bertz CT molecular complexity index is 312. The maximum atomic E-state index is 8.52. The first-order valence-corrected chi connectivity index (χ1v) is 5.02. The molecule has 0 aliphatic rings. The topological polar surface area (TPSA) is 49.8 Å². The first-order valence-electron chi connectivity index (χ1n) is 5.02. The fourth-order valence-electron chi connectivity index (χ4n) is 1.53. The maximum absolute atomic E-state index is 8.52. The summed E-state index contributed by atoms with van der Waals surface area (Å²) in [5.74, 6) is 0. The second kappa shape index (κ2) is 6.17. The van der Waals surface area contributed by atoms with Crippen molar-refractivity contribution in [1.29, 1.82) is 5.26 Å². The molecule has 1 aromatic rings. The molecular formula is C12H16N2. The maximum Gasteiger partial charge on any atom is 0.0625 e. The summed E-state index contributed by atoms with van der Waals surface area (Å²) in [5.41, 5.74) is 8.11. The molecule has 0 bridgehead atoms. The largest absolute Gasteiger partial charge is 0.330 e. The van der Waals surface area contributed by atoms with E-state index in [4.69, 9.17) is 11.0 Å². The average molecular weight is 188 g/mol. The molecule has 14 heavy (non-hydrogen) atoms. The van der Waals surface area contributed by atoms with E-state index >= 15 is 0 Å². The first-order chi connectivity index (χ1) is 6.88. The molecule has 0 spiro atoms. The lowest BCUT2D eigenvalue weighted by molar-refractivity contribution is 0.818. The Kier molecular flexibility index (Phi) is 4.74. The van der Waals surface area contributed by atoms with Gasteiger partial charge in [0.1, 0.15) is 0 Å². The van der Waals surface area contributed by atoms with E-state index in [-0.39, 0.29) is 0 Å². The summed E-state index contributed by atoms with van der Waals surface area (Å²) in [7, 11) is 0. The number of hydrogen-bond donors (Lipinski definition) is 1. The van der Waals surface area contributed by atoms with E-state index in [0.29, 0.717) is 6.42 Å². The first kappa shape index (κ1) is 10.7. The highest BCUT2D eigenvalue weighted by atomic mass is 14.5. The zero-order valence-electron chi connectivity index (χ0n) is 8.37. The molecular weight excluding hydrogens is 172 g/mol. The molecule has 0 saturated carbocycles. The Morgan fingerprint density at radius 1 is 1.14 bits per heavy atom. The summed E-state index contributed by atoms with van der Waals surface area (Å²) >= 11 is 0. The Labute approximate surface area is 85.4 Å². The smallest absolute Gasteiger partial charge is 0.0625 e. The molecule has 0 atom stereocenters. The van der Waals surface area contributed by atoms with Gasteiger partial charge >= 0.3 is 0 Å². The summed E-state index contributed by atoms with van der Waals surface area (Å²) < 4.78 is 0. The van der Waals surface area contributed by atoms with Gasteiger partial charge in [0.25, 0.3) is 0 Å². The van der Waals surface area contributed by atoms with Crippen molar-refractivity contribution in [3.8, 4) is 6.07 Å². The Morgan fingerprint density at radius 3 is 2.36 bits per heavy atom. The lowest BCUT2D eigenvalue weighted by Gasteiger charge is -2.06. The van der Waals surface area contributed by atoms with Gasteiger partial charge in [0.15, 0.2) is 0 Å². The van der Waals surface area contributed by atoms with Crippen molar-refractivity contribution in [2.24, 2.45) is 5.73 Å². The van der Waals surface area contributed by atoms with Gasteiger partial charge in [-0.1, -0.05) is 24.3 Å². The Hall–Kier alpha value is -1.33. The van der Waals surface area contributed by atoms with Gasteiger partial charge in [-0.15, -0.1) is 0 Å². The number of nitrogens with two attached hydrogens (primary N) is 1. The molecule has 0 amide bonds.